The Bertz CT molecular complexity index is 164. The fourth-order valence-electron chi connectivity index (χ4n) is 1.73. The van der Waals surface area contributed by atoms with Crippen LogP contribution in [0.1, 0.15) is 39.0 Å². The van der Waals surface area contributed by atoms with Gasteiger partial charge < -0.3 is 9.64 Å². The summed E-state index contributed by atoms with van der Waals surface area (Å²) in [4.78, 5) is 13.1. The Morgan fingerprint density at radius 2 is 2.08 bits per heavy atom. The van der Waals surface area contributed by atoms with Crippen LogP contribution in [0.4, 0.5) is 4.79 Å². The molecule has 13 heavy (non-hydrogen) atoms. The number of hydrogen-bond donors (Lipinski definition) is 0. The lowest BCUT2D eigenvalue weighted by molar-refractivity contribution is 0.0977. The van der Waals surface area contributed by atoms with E-state index in [1.807, 2.05) is 14.0 Å². The highest BCUT2D eigenvalue weighted by atomic mass is 16.6. The summed E-state index contributed by atoms with van der Waals surface area (Å²) >= 11 is 0. The van der Waals surface area contributed by atoms with Gasteiger partial charge in [0.1, 0.15) is 0 Å². The second-order valence-electron chi connectivity index (χ2n) is 3.66. The summed E-state index contributed by atoms with van der Waals surface area (Å²) in [5, 5.41) is 0. The summed E-state index contributed by atoms with van der Waals surface area (Å²) in [6.45, 7) is 2.54. The van der Waals surface area contributed by atoms with E-state index in [4.69, 9.17) is 4.74 Å². The van der Waals surface area contributed by atoms with Crippen molar-refractivity contribution in [2.45, 2.75) is 45.1 Å². The van der Waals surface area contributed by atoms with E-state index >= 15 is 0 Å². The highest BCUT2D eigenvalue weighted by Gasteiger charge is 2.23. The van der Waals surface area contributed by atoms with Gasteiger partial charge in [-0.25, -0.2) is 4.79 Å². The highest BCUT2D eigenvalue weighted by molar-refractivity contribution is 5.67. The van der Waals surface area contributed by atoms with E-state index < -0.39 is 0 Å². The maximum Gasteiger partial charge on any atom is 0.409 e. The van der Waals surface area contributed by atoms with Gasteiger partial charge in [0.05, 0.1) is 6.61 Å². The molecular formula is C10H19NO2. The zero-order valence-electron chi connectivity index (χ0n) is 8.58. The van der Waals surface area contributed by atoms with Gasteiger partial charge in [-0.1, -0.05) is 19.8 Å². The van der Waals surface area contributed by atoms with Crippen molar-refractivity contribution < 1.29 is 9.53 Å². The average Bonchev–Trinajstić information content (AvgIpc) is 2.65. The van der Waals surface area contributed by atoms with Crippen molar-refractivity contribution in [1.82, 2.24) is 4.90 Å². The molecule has 0 aromatic carbocycles. The predicted octanol–water partition coefficient (Wildman–Crippen LogP) is 2.41. The van der Waals surface area contributed by atoms with E-state index in [1.54, 1.807) is 4.90 Å². The van der Waals surface area contributed by atoms with E-state index in [0.717, 1.165) is 19.3 Å². The van der Waals surface area contributed by atoms with Gasteiger partial charge in [-0.05, 0) is 19.3 Å². The molecule has 1 aliphatic rings. The first-order valence-corrected chi connectivity index (χ1v) is 5.15. The third kappa shape index (κ3) is 2.90. The maximum absolute atomic E-state index is 11.4. The Balaban J connectivity index is 2.28. The number of hydrogen-bond acceptors (Lipinski definition) is 2. The van der Waals surface area contributed by atoms with E-state index in [0.29, 0.717) is 12.6 Å². The number of ether oxygens (including phenoxy) is 1. The lowest BCUT2D eigenvalue weighted by Gasteiger charge is -2.23. The van der Waals surface area contributed by atoms with Gasteiger partial charge in [0, 0.05) is 13.1 Å². The molecule has 0 bridgehead atoms. The molecule has 0 aromatic heterocycles. The summed E-state index contributed by atoms with van der Waals surface area (Å²) in [5.41, 5.74) is 0. The molecule has 76 valence electrons. The summed E-state index contributed by atoms with van der Waals surface area (Å²) in [7, 11) is 1.84. The quantitative estimate of drug-likeness (QED) is 0.675. The monoisotopic (exact) mass is 185 g/mol. The van der Waals surface area contributed by atoms with E-state index in [9.17, 15) is 4.79 Å². The Labute approximate surface area is 80.1 Å². The van der Waals surface area contributed by atoms with Crippen LogP contribution in [0.2, 0.25) is 0 Å². The molecule has 0 atom stereocenters. The van der Waals surface area contributed by atoms with Gasteiger partial charge >= 0.3 is 6.09 Å². The zero-order valence-corrected chi connectivity index (χ0v) is 8.58. The molecule has 0 spiro atoms. The average molecular weight is 185 g/mol. The predicted molar refractivity (Wildman–Crippen MR) is 51.7 cm³/mol. The molecule has 3 nitrogen and oxygen atoms in total. The van der Waals surface area contributed by atoms with Crippen LogP contribution >= 0.6 is 0 Å². The minimum atomic E-state index is -0.159. The van der Waals surface area contributed by atoms with Crippen molar-refractivity contribution in [1.29, 1.82) is 0 Å². The first kappa shape index (κ1) is 10.4. The van der Waals surface area contributed by atoms with Crippen LogP contribution in [0.15, 0.2) is 0 Å². The Hall–Kier alpha value is -0.730. The number of rotatable bonds is 3. The van der Waals surface area contributed by atoms with Crippen molar-refractivity contribution in [3.63, 3.8) is 0 Å². The van der Waals surface area contributed by atoms with Crippen LogP contribution in [0.5, 0.6) is 0 Å². The van der Waals surface area contributed by atoms with Crippen molar-refractivity contribution in [3.05, 3.63) is 0 Å². The smallest absolute Gasteiger partial charge is 0.409 e. The van der Waals surface area contributed by atoms with Crippen molar-refractivity contribution in [2.75, 3.05) is 13.7 Å². The summed E-state index contributed by atoms with van der Waals surface area (Å²) in [6, 6.07) is 0.421. The third-order valence-electron chi connectivity index (χ3n) is 2.59. The van der Waals surface area contributed by atoms with Gasteiger partial charge in [0.2, 0.25) is 0 Å². The molecule has 0 heterocycles. The van der Waals surface area contributed by atoms with E-state index in [1.165, 1.54) is 12.8 Å². The van der Waals surface area contributed by atoms with Crippen LogP contribution in [-0.4, -0.2) is 30.7 Å². The van der Waals surface area contributed by atoms with Crippen LogP contribution in [0, 0.1) is 0 Å². The summed E-state index contributed by atoms with van der Waals surface area (Å²) < 4.78 is 5.05. The first-order chi connectivity index (χ1) is 6.25. The van der Waals surface area contributed by atoms with Gasteiger partial charge in [0.15, 0.2) is 0 Å². The van der Waals surface area contributed by atoms with Crippen LogP contribution in [0.3, 0.4) is 0 Å². The van der Waals surface area contributed by atoms with E-state index in [-0.39, 0.29) is 6.09 Å². The third-order valence-corrected chi connectivity index (χ3v) is 2.59. The molecule has 0 aromatic rings. The molecule has 1 fully saturated rings. The van der Waals surface area contributed by atoms with Crippen molar-refractivity contribution >= 4 is 6.09 Å². The van der Waals surface area contributed by atoms with Crippen LogP contribution < -0.4 is 0 Å². The fraction of sp³-hybridized carbons (Fsp3) is 0.900. The molecule has 0 aliphatic heterocycles. The lowest BCUT2D eigenvalue weighted by atomic mass is 10.2. The summed E-state index contributed by atoms with van der Waals surface area (Å²) in [5.74, 6) is 0. The van der Waals surface area contributed by atoms with Crippen molar-refractivity contribution in [2.24, 2.45) is 0 Å². The summed E-state index contributed by atoms with van der Waals surface area (Å²) in [6.07, 6.45) is 5.50. The second-order valence-corrected chi connectivity index (χ2v) is 3.66. The molecular weight excluding hydrogens is 166 g/mol. The number of amides is 1. The normalized spacial score (nSPS) is 17.4. The minimum absolute atomic E-state index is 0.159. The second kappa shape index (κ2) is 5.10. The highest BCUT2D eigenvalue weighted by Crippen LogP contribution is 2.22. The lowest BCUT2D eigenvalue weighted by Crippen LogP contribution is -2.35. The van der Waals surface area contributed by atoms with Gasteiger partial charge in [0.25, 0.3) is 0 Å². The standard InChI is InChI=1S/C10H19NO2/c1-3-8-13-10(12)11(2)9-6-4-5-7-9/h9H,3-8H2,1-2H3. The molecule has 1 amide bonds. The Morgan fingerprint density at radius 1 is 1.46 bits per heavy atom. The minimum Gasteiger partial charge on any atom is -0.449 e. The maximum atomic E-state index is 11.4. The first-order valence-electron chi connectivity index (χ1n) is 5.15. The largest absolute Gasteiger partial charge is 0.449 e. The Kier molecular flexibility index (Phi) is 4.06. The zero-order chi connectivity index (χ0) is 9.68. The Morgan fingerprint density at radius 3 is 2.62 bits per heavy atom. The molecule has 3 heteroatoms. The van der Waals surface area contributed by atoms with Gasteiger partial charge in [-0.3, -0.25) is 0 Å². The van der Waals surface area contributed by atoms with Crippen molar-refractivity contribution in [3.8, 4) is 0 Å². The molecule has 0 radical (unpaired) electrons. The van der Waals surface area contributed by atoms with Gasteiger partial charge in [-0.2, -0.15) is 0 Å². The molecule has 1 rings (SSSR count). The molecule has 1 aliphatic carbocycles. The van der Waals surface area contributed by atoms with Crippen LogP contribution in [0.25, 0.3) is 0 Å². The topological polar surface area (TPSA) is 29.5 Å². The van der Waals surface area contributed by atoms with E-state index in [2.05, 4.69) is 0 Å². The SMILES string of the molecule is CCCOC(=O)N(C)C1CCCC1. The fourth-order valence-corrected chi connectivity index (χ4v) is 1.73. The molecule has 0 unspecified atom stereocenters. The number of carbonyl (C=O) groups excluding carboxylic acids is 1. The number of carbonyl (C=O) groups is 1. The molecule has 1 saturated carbocycles. The van der Waals surface area contributed by atoms with Crippen LogP contribution in [-0.2, 0) is 4.74 Å². The number of nitrogens with zero attached hydrogens (tertiary/aromatic N) is 1. The molecule has 0 saturated heterocycles. The van der Waals surface area contributed by atoms with Gasteiger partial charge in [-0.15, -0.1) is 0 Å². The molecule has 0 N–H and O–H groups in total.